The van der Waals surface area contributed by atoms with Crippen LogP contribution in [0.5, 0.6) is 0 Å². The molecule has 0 fully saturated rings. The van der Waals surface area contributed by atoms with Crippen LogP contribution in [0.4, 0.5) is 0 Å². The van der Waals surface area contributed by atoms with Gasteiger partial charge in [-0.25, -0.2) is 0 Å². The SMILES string of the molecule is CCNC(CO)c1cccc(Cl)c1. The third-order valence-electron chi connectivity index (χ3n) is 1.88. The second-order valence-corrected chi connectivity index (χ2v) is 3.28. The van der Waals surface area contributed by atoms with Crippen molar-refractivity contribution < 1.29 is 5.11 Å². The molecule has 0 aliphatic heterocycles. The lowest BCUT2D eigenvalue weighted by Crippen LogP contribution is -2.23. The lowest BCUT2D eigenvalue weighted by Gasteiger charge is -2.15. The Morgan fingerprint density at radius 3 is 2.85 bits per heavy atom. The molecule has 0 heterocycles. The number of hydrogen-bond donors (Lipinski definition) is 2. The summed E-state index contributed by atoms with van der Waals surface area (Å²) in [5, 5.41) is 13.0. The van der Waals surface area contributed by atoms with Crippen molar-refractivity contribution in [2.24, 2.45) is 0 Å². The van der Waals surface area contributed by atoms with Crippen molar-refractivity contribution in [1.29, 1.82) is 0 Å². The van der Waals surface area contributed by atoms with Gasteiger partial charge in [-0.1, -0.05) is 30.7 Å². The number of aliphatic hydroxyl groups excluding tert-OH is 1. The van der Waals surface area contributed by atoms with Crippen LogP contribution in [-0.2, 0) is 0 Å². The van der Waals surface area contributed by atoms with Gasteiger partial charge in [0.05, 0.1) is 12.6 Å². The molecule has 0 saturated heterocycles. The summed E-state index contributed by atoms with van der Waals surface area (Å²) in [7, 11) is 0. The number of halogens is 1. The van der Waals surface area contributed by atoms with E-state index >= 15 is 0 Å². The summed E-state index contributed by atoms with van der Waals surface area (Å²) in [4.78, 5) is 0. The number of rotatable bonds is 4. The van der Waals surface area contributed by atoms with E-state index in [1.165, 1.54) is 0 Å². The van der Waals surface area contributed by atoms with E-state index in [2.05, 4.69) is 5.32 Å². The fourth-order valence-corrected chi connectivity index (χ4v) is 1.46. The summed E-state index contributed by atoms with van der Waals surface area (Å²) in [5.41, 5.74) is 1.02. The third kappa shape index (κ3) is 2.99. The molecule has 72 valence electrons. The minimum Gasteiger partial charge on any atom is -0.394 e. The van der Waals surface area contributed by atoms with Crippen LogP contribution in [0.15, 0.2) is 24.3 Å². The monoisotopic (exact) mass is 199 g/mol. The molecule has 1 atom stereocenters. The zero-order chi connectivity index (χ0) is 9.68. The van der Waals surface area contributed by atoms with E-state index in [9.17, 15) is 0 Å². The van der Waals surface area contributed by atoms with Gasteiger partial charge in [-0.3, -0.25) is 0 Å². The fraction of sp³-hybridized carbons (Fsp3) is 0.400. The number of likely N-dealkylation sites (N-methyl/N-ethyl adjacent to an activating group) is 1. The predicted molar refractivity (Wildman–Crippen MR) is 55.0 cm³/mol. The minimum absolute atomic E-state index is 0.0105. The second-order valence-electron chi connectivity index (χ2n) is 2.85. The largest absolute Gasteiger partial charge is 0.394 e. The highest BCUT2D eigenvalue weighted by molar-refractivity contribution is 6.30. The van der Waals surface area contributed by atoms with Crippen molar-refractivity contribution >= 4 is 11.6 Å². The Morgan fingerprint density at radius 1 is 1.54 bits per heavy atom. The highest BCUT2D eigenvalue weighted by Crippen LogP contribution is 2.17. The van der Waals surface area contributed by atoms with E-state index in [4.69, 9.17) is 16.7 Å². The fourth-order valence-electron chi connectivity index (χ4n) is 1.26. The zero-order valence-electron chi connectivity index (χ0n) is 7.63. The maximum atomic E-state index is 9.10. The van der Waals surface area contributed by atoms with Crippen molar-refractivity contribution in [1.82, 2.24) is 5.32 Å². The van der Waals surface area contributed by atoms with E-state index in [1.807, 2.05) is 31.2 Å². The molecule has 0 aromatic heterocycles. The van der Waals surface area contributed by atoms with Crippen LogP contribution in [0.2, 0.25) is 5.02 Å². The topological polar surface area (TPSA) is 32.3 Å². The van der Waals surface area contributed by atoms with E-state index in [0.717, 1.165) is 12.1 Å². The standard InChI is InChI=1S/C10H14ClNO/c1-2-12-10(7-13)8-4-3-5-9(11)6-8/h3-6,10,12-13H,2,7H2,1H3. The molecule has 0 radical (unpaired) electrons. The molecular weight excluding hydrogens is 186 g/mol. The molecule has 2 nitrogen and oxygen atoms in total. The van der Waals surface area contributed by atoms with E-state index < -0.39 is 0 Å². The van der Waals surface area contributed by atoms with Crippen molar-refractivity contribution in [3.8, 4) is 0 Å². The van der Waals surface area contributed by atoms with Gasteiger partial charge in [0, 0.05) is 5.02 Å². The zero-order valence-corrected chi connectivity index (χ0v) is 8.38. The average Bonchev–Trinajstić information content (AvgIpc) is 2.14. The van der Waals surface area contributed by atoms with Crippen molar-refractivity contribution in [3.63, 3.8) is 0 Å². The maximum Gasteiger partial charge on any atom is 0.0626 e. The molecule has 1 unspecified atom stereocenters. The molecule has 1 aromatic carbocycles. The summed E-state index contributed by atoms with van der Waals surface area (Å²) in [6.07, 6.45) is 0. The maximum absolute atomic E-state index is 9.10. The Kier molecular flexibility index (Phi) is 4.22. The Labute approximate surface area is 83.5 Å². The molecular formula is C10H14ClNO. The van der Waals surface area contributed by atoms with Crippen LogP contribution >= 0.6 is 11.6 Å². The molecule has 0 bridgehead atoms. The van der Waals surface area contributed by atoms with E-state index in [0.29, 0.717) is 5.02 Å². The van der Waals surface area contributed by atoms with Gasteiger partial charge in [0.1, 0.15) is 0 Å². The molecule has 0 aliphatic carbocycles. The van der Waals surface area contributed by atoms with Gasteiger partial charge in [0.2, 0.25) is 0 Å². The number of nitrogens with one attached hydrogen (secondary N) is 1. The summed E-state index contributed by atoms with van der Waals surface area (Å²) >= 11 is 5.84. The third-order valence-corrected chi connectivity index (χ3v) is 2.12. The summed E-state index contributed by atoms with van der Waals surface area (Å²) in [5.74, 6) is 0. The van der Waals surface area contributed by atoms with Crippen LogP contribution < -0.4 is 5.32 Å². The minimum atomic E-state index is -0.0105. The van der Waals surface area contributed by atoms with Gasteiger partial charge in [0.25, 0.3) is 0 Å². The van der Waals surface area contributed by atoms with E-state index in [1.54, 1.807) is 0 Å². The van der Waals surface area contributed by atoms with E-state index in [-0.39, 0.29) is 12.6 Å². The average molecular weight is 200 g/mol. The van der Waals surface area contributed by atoms with Gasteiger partial charge >= 0.3 is 0 Å². The first-order valence-corrected chi connectivity index (χ1v) is 4.75. The van der Waals surface area contributed by atoms with Gasteiger partial charge in [0.15, 0.2) is 0 Å². The molecule has 0 spiro atoms. The Hall–Kier alpha value is -0.570. The quantitative estimate of drug-likeness (QED) is 0.778. The number of hydrogen-bond acceptors (Lipinski definition) is 2. The Morgan fingerprint density at radius 2 is 2.31 bits per heavy atom. The predicted octanol–water partition coefficient (Wildman–Crippen LogP) is 1.98. The molecule has 0 saturated carbocycles. The van der Waals surface area contributed by atoms with Gasteiger partial charge < -0.3 is 10.4 Å². The van der Waals surface area contributed by atoms with Crippen LogP contribution in [-0.4, -0.2) is 18.3 Å². The Bertz CT molecular complexity index is 265. The number of aliphatic hydroxyl groups is 1. The molecule has 3 heteroatoms. The van der Waals surface area contributed by atoms with Crippen LogP contribution in [0.3, 0.4) is 0 Å². The lowest BCUT2D eigenvalue weighted by molar-refractivity contribution is 0.246. The molecule has 0 amide bonds. The van der Waals surface area contributed by atoms with Crippen LogP contribution in [0.25, 0.3) is 0 Å². The molecule has 1 aromatic rings. The highest BCUT2D eigenvalue weighted by Gasteiger charge is 2.07. The first kappa shape index (κ1) is 10.5. The number of benzene rings is 1. The van der Waals surface area contributed by atoms with Gasteiger partial charge in [-0.15, -0.1) is 0 Å². The molecule has 2 N–H and O–H groups in total. The summed E-state index contributed by atoms with van der Waals surface area (Å²) in [6.45, 7) is 2.93. The van der Waals surface area contributed by atoms with Crippen molar-refractivity contribution in [3.05, 3.63) is 34.9 Å². The van der Waals surface area contributed by atoms with Gasteiger partial charge in [-0.05, 0) is 24.2 Å². The van der Waals surface area contributed by atoms with Crippen molar-refractivity contribution in [2.75, 3.05) is 13.2 Å². The summed E-state index contributed by atoms with van der Waals surface area (Å²) in [6, 6.07) is 7.52. The van der Waals surface area contributed by atoms with Crippen LogP contribution in [0.1, 0.15) is 18.5 Å². The second kappa shape index (κ2) is 5.22. The molecule has 13 heavy (non-hydrogen) atoms. The summed E-state index contributed by atoms with van der Waals surface area (Å²) < 4.78 is 0. The lowest BCUT2D eigenvalue weighted by atomic mass is 10.1. The normalized spacial score (nSPS) is 12.8. The Balaban J connectivity index is 2.78. The van der Waals surface area contributed by atoms with Gasteiger partial charge in [-0.2, -0.15) is 0 Å². The molecule has 1 rings (SSSR count). The van der Waals surface area contributed by atoms with Crippen molar-refractivity contribution in [2.45, 2.75) is 13.0 Å². The highest BCUT2D eigenvalue weighted by atomic mass is 35.5. The van der Waals surface area contributed by atoms with Crippen LogP contribution in [0, 0.1) is 0 Å². The smallest absolute Gasteiger partial charge is 0.0626 e. The first-order valence-electron chi connectivity index (χ1n) is 4.37. The first-order chi connectivity index (χ1) is 6.27. The molecule has 0 aliphatic rings.